The number of amides is 1. The van der Waals surface area contributed by atoms with Gasteiger partial charge in [-0.25, -0.2) is 0 Å². The zero-order chi connectivity index (χ0) is 13.2. The molecule has 1 amide bonds. The fourth-order valence-electron chi connectivity index (χ4n) is 0.718. The first-order valence-electron chi connectivity index (χ1n) is 3.87. The second kappa shape index (κ2) is 4.46. The molecule has 0 bridgehead atoms. The van der Waals surface area contributed by atoms with Gasteiger partial charge in [0.15, 0.2) is 0 Å². The Balaban J connectivity index is 4.71. The van der Waals surface area contributed by atoms with Crippen LogP contribution in [-0.4, -0.2) is 42.9 Å². The molecule has 0 aliphatic rings. The van der Waals surface area contributed by atoms with E-state index in [1.165, 1.54) is 0 Å². The highest BCUT2D eigenvalue weighted by molar-refractivity contribution is 5.47. The topological polar surface area (TPSA) is 20.3 Å². The minimum Gasteiger partial charge on any atom is -0.337 e. The van der Waals surface area contributed by atoms with Gasteiger partial charge in [-0.05, 0) is 0 Å². The molecule has 0 fully saturated rings. The molecule has 0 saturated heterocycles. The van der Waals surface area contributed by atoms with Crippen molar-refractivity contribution in [1.82, 2.24) is 4.90 Å². The normalized spacial score (nSPS) is 13.8. The van der Waals surface area contributed by atoms with Crippen LogP contribution in [-0.2, 0) is 4.79 Å². The third kappa shape index (κ3) is 2.99. The summed E-state index contributed by atoms with van der Waals surface area (Å²) >= 11 is 0. The highest BCUT2D eigenvalue weighted by Crippen LogP contribution is 2.47. The van der Waals surface area contributed by atoms with Crippen LogP contribution in [0, 0.1) is 0 Å². The molecule has 9 heteroatoms. The summed E-state index contributed by atoms with van der Waals surface area (Å²) in [6.45, 7) is -0.956. The Kier molecular flexibility index (Phi) is 4.18. The van der Waals surface area contributed by atoms with Crippen LogP contribution in [0.5, 0.6) is 0 Å². The van der Waals surface area contributed by atoms with Crippen molar-refractivity contribution in [2.45, 2.75) is 24.4 Å². The lowest BCUT2D eigenvalue weighted by atomic mass is 10.1. The van der Waals surface area contributed by atoms with Crippen molar-refractivity contribution in [1.29, 1.82) is 0 Å². The molecule has 0 atom stereocenters. The Morgan fingerprint density at radius 2 is 1.50 bits per heavy atom. The highest BCUT2D eigenvalue weighted by atomic mass is 19.4. The van der Waals surface area contributed by atoms with Gasteiger partial charge in [0.1, 0.15) is 0 Å². The molecule has 0 aliphatic carbocycles. The fraction of sp³-hybridized carbons (Fsp3) is 0.857. The van der Waals surface area contributed by atoms with E-state index in [1.807, 2.05) is 0 Å². The molecule has 0 N–H and O–H groups in total. The van der Waals surface area contributed by atoms with Gasteiger partial charge in [-0.2, -0.15) is 30.7 Å². The van der Waals surface area contributed by atoms with Gasteiger partial charge >= 0.3 is 24.4 Å². The molecule has 2 nitrogen and oxygen atoms in total. The largest absolute Gasteiger partial charge is 0.459 e. The summed E-state index contributed by atoms with van der Waals surface area (Å²) < 4.78 is 84.5. The quantitative estimate of drug-likeness (QED) is 0.544. The van der Waals surface area contributed by atoms with Crippen LogP contribution < -0.4 is 0 Å². The lowest BCUT2D eigenvalue weighted by Gasteiger charge is -2.28. The number of halogens is 7. The van der Waals surface area contributed by atoms with E-state index in [-0.39, 0.29) is 0 Å². The van der Waals surface area contributed by atoms with Crippen molar-refractivity contribution in [3.8, 4) is 0 Å². The van der Waals surface area contributed by atoms with Crippen molar-refractivity contribution in [2.24, 2.45) is 0 Å². The molecule has 0 spiro atoms. The van der Waals surface area contributed by atoms with E-state index < -0.39 is 31.0 Å². The van der Waals surface area contributed by atoms with Crippen LogP contribution in [0.1, 0.15) is 6.42 Å². The maximum absolute atomic E-state index is 12.6. The molecule has 0 saturated carbocycles. The van der Waals surface area contributed by atoms with E-state index in [0.29, 0.717) is 4.90 Å². The molecule has 0 rings (SSSR count). The number of nitrogens with zero attached hydrogens (tertiary/aromatic N) is 1. The number of hydrogen-bond donors (Lipinski definition) is 0. The summed E-state index contributed by atoms with van der Waals surface area (Å²) in [4.78, 5) is 10.2. The van der Waals surface area contributed by atoms with Crippen molar-refractivity contribution in [3.05, 3.63) is 0 Å². The van der Waals surface area contributed by atoms with Gasteiger partial charge in [-0.15, -0.1) is 0 Å². The molecule has 0 aliphatic heterocycles. The number of rotatable bonds is 5. The van der Waals surface area contributed by atoms with E-state index in [1.54, 1.807) is 0 Å². The first-order chi connectivity index (χ1) is 6.95. The van der Waals surface area contributed by atoms with Crippen LogP contribution >= 0.6 is 0 Å². The van der Waals surface area contributed by atoms with E-state index >= 15 is 0 Å². The smallest absolute Gasteiger partial charge is 0.337 e. The molecule has 0 aromatic heterocycles. The van der Waals surface area contributed by atoms with Gasteiger partial charge < -0.3 is 4.90 Å². The fourth-order valence-corrected chi connectivity index (χ4v) is 0.718. The molecule has 0 aromatic rings. The van der Waals surface area contributed by atoms with Crippen molar-refractivity contribution >= 4 is 6.41 Å². The third-order valence-electron chi connectivity index (χ3n) is 1.73. The maximum Gasteiger partial charge on any atom is 0.459 e. The summed E-state index contributed by atoms with van der Waals surface area (Å²) in [6, 6.07) is 0. The predicted molar refractivity (Wildman–Crippen MR) is 38.9 cm³/mol. The van der Waals surface area contributed by atoms with E-state index in [2.05, 4.69) is 0 Å². The van der Waals surface area contributed by atoms with E-state index in [0.717, 1.165) is 13.5 Å². The second-order valence-electron chi connectivity index (χ2n) is 3.04. The molecule has 0 heterocycles. The molecule has 1 radical (unpaired) electrons. The summed E-state index contributed by atoms with van der Waals surface area (Å²) in [5.74, 6) is -11.4. The summed E-state index contributed by atoms with van der Waals surface area (Å²) in [6.07, 6.45) is -7.08. The molecule has 0 aromatic carbocycles. The number of hydrogen-bond acceptors (Lipinski definition) is 1. The second-order valence-corrected chi connectivity index (χ2v) is 3.04. The lowest BCUT2D eigenvalue weighted by Crippen LogP contribution is -2.52. The van der Waals surface area contributed by atoms with Crippen LogP contribution in [0.15, 0.2) is 0 Å². The Morgan fingerprint density at radius 1 is 1.06 bits per heavy atom. The van der Waals surface area contributed by atoms with Crippen LogP contribution in [0.3, 0.4) is 0 Å². The minimum absolute atomic E-state index is 0.417. The van der Waals surface area contributed by atoms with Crippen LogP contribution in [0.25, 0.3) is 0 Å². The SMILES string of the molecule is CN([C]=O)CCC(F)(F)C(F)(F)C(F)(F)F. The Hall–Kier alpha value is -1.02. The van der Waals surface area contributed by atoms with Gasteiger partial charge in [-0.3, -0.25) is 4.79 Å². The van der Waals surface area contributed by atoms with E-state index in [9.17, 15) is 35.5 Å². The molecule has 0 unspecified atom stereocenters. The van der Waals surface area contributed by atoms with Crippen molar-refractivity contribution in [2.75, 3.05) is 13.6 Å². The molecule has 95 valence electrons. The maximum atomic E-state index is 12.6. The summed E-state index contributed by atoms with van der Waals surface area (Å²) in [7, 11) is 0.925. The van der Waals surface area contributed by atoms with Gasteiger partial charge in [0, 0.05) is 20.0 Å². The Bertz CT molecular complexity index is 250. The van der Waals surface area contributed by atoms with Crippen molar-refractivity contribution < 1.29 is 35.5 Å². The minimum atomic E-state index is -6.33. The van der Waals surface area contributed by atoms with Gasteiger partial charge in [0.2, 0.25) is 0 Å². The lowest BCUT2D eigenvalue weighted by molar-refractivity contribution is -0.355. The van der Waals surface area contributed by atoms with Gasteiger partial charge in [0.05, 0.1) is 0 Å². The first-order valence-corrected chi connectivity index (χ1v) is 3.87. The van der Waals surface area contributed by atoms with Crippen LogP contribution in [0.4, 0.5) is 30.7 Å². The van der Waals surface area contributed by atoms with E-state index in [4.69, 9.17) is 0 Å². The van der Waals surface area contributed by atoms with Crippen molar-refractivity contribution in [3.63, 3.8) is 0 Å². The average molecular weight is 254 g/mol. The number of alkyl halides is 7. The predicted octanol–water partition coefficient (Wildman–Crippen LogP) is 2.21. The third-order valence-corrected chi connectivity index (χ3v) is 1.73. The molecular formula is C7H7F7NO. The highest BCUT2D eigenvalue weighted by Gasteiger charge is 2.72. The zero-order valence-electron chi connectivity index (χ0n) is 7.92. The number of carbonyl (C=O) groups excluding carboxylic acids is 1. The monoisotopic (exact) mass is 254 g/mol. The van der Waals surface area contributed by atoms with Crippen LogP contribution in [0.2, 0.25) is 0 Å². The zero-order valence-corrected chi connectivity index (χ0v) is 7.92. The summed E-state index contributed by atoms with van der Waals surface area (Å²) in [5, 5.41) is 0. The Labute approximate surface area is 86.0 Å². The average Bonchev–Trinajstić information content (AvgIpc) is 2.12. The Morgan fingerprint density at radius 3 is 1.81 bits per heavy atom. The standard InChI is InChI=1S/C7H7F7NO/c1-15(4-16)3-2-5(8,9)6(10,11)7(12,13)14/h2-3H2,1H3. The first kappa shape index (κ1) is 15.0. The molecule has 16 heavy (non-hydrogen) atoms. The summed E-state index contributed by atoms with van der Waals surface area (Å²) in [5.41, 5.74) is 0. The molecular weight excluding hydrogens is 247 g/mol. The van der Waals surface area contributed by atoms with Gasteiger partial charge in [-0.1, -0.05) is 0 Å². The van der Waals surface area contributed by atoms with Gasteiger partial charge in [0.25, 0.3) is 0 Å².